The van der Waals surface area contributed by atoms with Crippen LogP contribution < -0.4 is 10.1 Å². The van der Waals surface area contributed by atoms with Crippen molar-refractivity contribution < 1.29 is 9.84 Å². The second-order valence-corrected chi connectivity index (χ2v) is 6.88. The summed E-state index contributed by atoms with van der Waals surface area (Å²) in [5, 5.41) is 14.5. The van der Waals surface area contributed by atoms with Gasteiger partial charge in [0.15, 0.2) is 5.75 Å². The molecule has 0 saturated carbocycles. The molecule has 0 unspecified atom stereocenters. The number of ether oxygens (including phenoxy) is 1. The maximum absolute atomic E-state index is 10.2. The van der Waals surface area contributed by atoms with Crippen LogP contribution in [0.4, 0.5) is 0 Å². The molecule has 1 aliphatic carbocycles. The van der Waals surface area contributed by atoms with Gasteiger partial charge >= 0.3 is 0 Å². The van der Waals surface area contributed by atoms with Crippen LogP contribution in [0.15, 0.2) is 42.5 Å². The van der Waals surface area contributed by atoms with Crippen molar-refractivity contribution in [2.75, 3.05) is 13.2 Å². The lowest BCUT2D eigenvalue weighted by Crippen LogP contribution is -2.35. The number of benzene rings is 2. The number of halogens is 2. The average molecular weight is 366 g/mol. The van der Waals surface area contributed by atoms with Gasteiger partial charge < -0.3 is 15.2 Å². The standard InChI is InChI=1S/C19H21Cl2NO2/c20-16-8-4-9-17(21)19(16)24-12-14(23)11-22-18-10-3-6-13-5-1-2-7-15(13)18/h1-2,4-5,7-9,14,18,22-23H,3,6,10-12H2/t14-,18+/m0/s1. The molecular formula is C19H21Cl2NO2. The van der Waals surface area contributed by atoms with Gasteiger partial charge in [-0.2, -0.15) is 0 Å². The Kier molecular flexibility index (Phi) is 6.01. The van der Waals surface area contributed by atoms with E-state index in [4.69, 9.17) is 27.9 Å². The van der Waals surface area contributed by atoms with Crippen LogP contribution in [0.5, 0.6) is 5.75 Å². The zero-order valence-corrected chi connectivity index (χ0v) is 14.9. The third-order valence-electron chi connectivity index (χ3n) is 4.31. The summed E-state index contributed by atoms with van der Waals surface area (Å²) in [5.74, 6) is 0.419. The van der Waals surface area contributed by atoms with Crippen molar-refractivity contribution >= 4 is 23.2 Å². The van der Waals surface area contributed by atoms with Gasteiger partial charge in [-0.15, -0.1) is 0 Å². The lowest BCUT2D eigenvalue weighted by molar-refractivity contribution is 0.103. The molecule has 0 aromatic heterocycles. The Bertz CT molecular complexity index is 673. The predicted molar refractivity (Wildman–Crippen MR) is 98.1 cm³/mol. The third kappa shape index (κ3) is 4.22. The summed E-state index contributed by atoms with van der Waals surface area (Å²) in [6.07, 6.45) is 2.74. The second-order valence-electron chi connectivity index (χ2n) is 6.07. The molecule has 0 radical (unpaired) electrons. The van der Waals surface area contributed by atoms with Crippen molar-refractivity contribution in [2.45, 2.75) is 31.4 Å². The molecule has 2 N–H and O–H groups in total. The van der Waals surface area contributed by atoms with E-state index in [9.17, 15) is 5.11 Å². The molecule has 3 nitrogen and oxygen atoms in total. The van der Waals surface area contributed by atoms with E-state index in [1.807, 2.05) is 0 Å². The SMILES string of the molecule is O[C@@H](CN[C@@H]1CCCc2ccccc21)COc1c(Cl)cccc1Cl. The lowest BCUT2D eigenvalue weighted by Gasteiger charge is -2.27. The molecular weight excluding hydrogens is 345 g/mol. The molecule has 128 valence electrons. The van der Waals surface area contributed by atoms with Crippen LogP contribution in [0.25, 0.3) is 0 Å². The van der Waals surface area contributed by atoms with E-state index in [1.165, 1.54) is 11.1 Å². The van der Waals surface area contributed by atoms with Crippen LogP contribution in [-0.4, -0.2) is 24.4 Å². The van der Waals surface area contributed by atoms with Crippen molar-refractivity contribution in [2.24, 2.45) is 0 Å². The Labute approximate surface area is 152 Å². The highest BCUT2D eigenvalue weighted by molar-refractivity contribution is 6.37. The van der Waals surface area contributed by atoms with Crippen LogP contribution in [0.1, 0.15) is 30.0 Å². The van der Waals surface area contributed by atoms with Gasteiger partial charge in [-0.05, 0) is 42.5 Å². The van der Waals surface area contributed by atoms with Crippen LogP contribution in [0, 0.1) is 0 Å². The zero-order valence-electron chi connectivity index (χ0n) is 13.3. The van der Waals surface area contributed by atoms with E-state index < -0.39 is 6.10 Å². The molecule has 0 aliphatic heterocycles. The fourth-order valence-electron chi connectivity index (χ4n) is 3.10. The smallest absolute Gasteiger partial charge is 0.156 e. The van der Waals surface area contributed by atoms with Crippen LogP contribution in [-0.2, 0) is 6.42 Å². The zero-order chi connectivity index (χ0) is 16.9. The quantitative estimate of drug-likeness (QED) is 0.796. The Morgan fingerprint density at radius 1 is 1.12 bits per heavy atom. The first kappa shape index (κ1) is 17.6. The summed E-state index contributed by atoms with van der Waals surface area (Å²) in [6, 6.07) is 14.0. The first-order valence-corrected chi connectivity index (χ1v) is 8.97. The minimum Gasteiger partial charge on any atom is -0.488 e. The Morgan fingerprint density at radius 3 is 2.67 bits per heavy atom. The minimum absolute atomic E-state index is 0.144. The molecule has 0 fully saturated rings. The highest BCUT2D eigenvalue weighted by Gasteiger charge is 2.20. The number of hydrogen-bond acceptors (Lipinski definition) is 3. The van der Waals surface area contributed by atoms with Gasteiger partial charge in [0, 0.05) is 12.6 Å². The number of hydrogen-bond donors (Lipinski definition) is 2. The van der Waals surface area contributed by atoms with Gasteiger partial charge in [0.05, 0.1) is 10.0 Å². The van der Waals surface area contributed by atoms with Gasteiger partial charge in [-0.3, -0.25) is 0 Å². The number of fused-ring (bicyclic) bond motifs is 1. The van der Waals surface area contributed by atoms with E-state index in [1.54, 1.807) is 18.2 Å². The van der Waals surface area contributed by atoms with Gasteiger partial charge in [0.1, 0.15) is 12.7 Å². The summed E-state index contributed by atoms with van der Waals surface area (Å²) < 4.78 is 5.58. The van der Waals surface area contributed by atoms with Gasteiger partial charge in [0.2, 0.25) is 0 Å². The fraction of sp³-hybridized carbons (Fsp3) is 0.368. The minimum atomic E-state index is -0.633. The first-order chi connectivity index (χ1) is 11.6. The van der Waals surface area contributed by atoms with E-state index in [0.717, 1.165) is 19.3 Å². The molecule has 2 aromatic carbocycles. The molecule has 0 bridgehead atoms. The van der Waals surface area contributed by atoms with E-state index in [2.05, 4.69) is 29.6 Å². The molecule has 0 saturated heterocycles. The van der Waals surface area contributed by atoms with E-state index in [-0.39, 0.29) is 12.6 Å². The summed E-state index contributed by atoms with van der Waals surface area (Å²) in [5.41, 5.74) is 2.74. The number of para-hydroxylation sites is 1. The molecule has 5 heteroatoms. The highest BCUT2D eigenvalue weighted by atomic mass is 35.5. The second kappa shape index (κ2) is 8.21. The van der Waals surface area contributed by atoms with Crippen molar-refractivity contribution in [1.82, 2.24) is 5.32 Å². The lowest BCUT2D eigenvalue weighted by atomic mass is 9.88. The van der Waals surface area contributed by atoms with Crippen LogP contribution in [0.2, 0.25) is 10.0 Å². The van der Waals surface area contributed by atoms with Crippen molar-refractivity contribution in [3.8, 4) is 5.75 Å². The Balaban J connectivity index is 1.52. The average Bonchev–Trinajstić information content (AvgIpc) is 2.59. The predicted octanol–water partition coefficient (Wildman–Crippen LogP) is 4.40. The van der Waals surface area contributed by atoms with E-state index in [0.29, 0.717) is 22.3 Å². The summed E-state index contributed by atoms with van der Waals surface area (Å²) in [4.78, 5) is 0. The number of aryl methyl sites for hydroxylation is 1. The van der Waals surface area contributed by atoms with Crippen molar-refractivity contribution in [3.63, 3.8) is 0 Å². The number of aliphatic hydroxyl groups excluding tert-OH is 1. The molecule has 1 aliphatic rings. The molecule has 3 rings (SSSR count). The summed E-state index contributed by atoms with van der Waals surface area (Å²) in [7, 11) is 0. The number of nitrogens with one attached hydrogen (secondary N) is 1. The van der Waals surface area contributed by atoms with Crippen molar-refractivity contribution in [3.05, 3.63) is 63.6 Å². The molecule has 0 heterocycles. The molecule has 2 aromatic rings. The van der Waals surface area contributed by atoms with Crippen molar-refractivity contribution in [1.29, 1.82) is 0 Å². The maximum Gasteiger partial charge on any atom is 0.156 e. The maximum atomic E-state index is 10.2. The normalized spacial score (nSPS) is 18.0. The first-order valence-electron chi connectivity index (χ1n) is 8.21. The topological polar surface area (TPSA) is 41.5 Å². The van der Waals surface area contributed by atoms with Gasteiger partial charge in [0.25, 0.3) is 0 Å². The largest absolute Gasteiger partial charge is 0.488 e. The molecule has 0 amide bonds. The van der Waals surface area contributed by atoms with E-state index >= 15 is 0 Å². The number of rotatable bonds is 6. The highest BCUT2D eigenvalue weighted by Crippen LogP contribution is 2.32. The molecule has 24 heavy (non-hydrogen) atoms. The molecule has 0 spiro atoms. The Hall–Kier alpha value is -1.26. The summed E-state index contributed by atoms with van der Waals surface area (Å²) in [6.45, 7) is 0.603. The van der Waals surface area contributed by atoms with Crippen LogP contribution in [0.3, 0.4) is 0 Å². The third-order valence-corrected chi connectivity index (χ3v) is 4.90. The number of aliphatic hydroxyl groups is 1. The monoisotopic (exact) mass is 365 g/mol. The molecule has 2 atom stereocenters. The Morgan fingerprint density at radius 2 is 1.88 bits per heavy atom. The fourth-order valence-corrected chi connectivity index (χ4v) is 3.61. The van der Waals surface area contributed by atoms with Gasteiger partial charge in [-0.25, -0.2) is 0 Å². The van der Waals surface area contributed by atoms with Gasteiger partial charge in [-0.1, -0.05) is 53.5 Å². The summed E-state index contributed by atoms with van der Waals surface area (Å²) >= 11 is 12.1. The van der Waals surface area contributed by atoms with Crippen LogP contribution >= 0.6 is 23.2 Å².